The first-order valence-electron chi connectivity index (χ1n) is 10.4. The number of allylic oxidation sites excluding steroid dienone is 2. The molecule has 1 aromatic rings. The molecule has 2 aliphatic rings. The van der Waals surface area contributed by atoms with E-state index in [1.807, 2.05) is 0 Å². The number of hydrogen-bond donors (Lipinski definition) is 2. The highest BCUT2D eigenvalue weighted by molar-refractivity contribution is 5.64. The predicted molar refractivity (Wildman–Crippen MR) is 117 cm³/mol. The topological polar surface area (TPSA) is 30.5 Å². The van der Waals surface area contributed by atoms with E-state index in [1.54, 1.807) is 0 Å². The number of benzene rings is 1. The molecule has 0 saturated carbocycles. The van der Waals surface area contributed by atoms with Crippen molar-refractivity contribution in [3.63, 3.8) is 0 Å². The summed E-state index contributed by atoms with van der Waals surface area (Å²) < 4.78 is 0. The third-order valence-corrected chi connectivity index (χ3v) is 5.15. The van der Waals surface area contributed by atoms with Gasteiger partial charge in [0.1, 0.15) is 0 Å². The smallest absolute Gasteiger partial charge is 0.0574 e. The number of piperazine rings is 2. The van der Waals surface area contributed by atoms with Crippen LogP contribution in [0, 0.1) is 18.8 Å². The Balaban J connectivity index is 1.81. The molecule has 0 aliphatic carbocycles. The van der Waals surface area contributed by atoms with Crippen molar-refractivity contribution in [1.82, 2.24) is 10.6 Å². The minimum Gasteiger partial charge on any atom is -0.385 e. The van der Waals surface area contributed by atoms with Crippen LogP contribution in [0.4, 0.5) is 11.4 Å². The molecule has 2 heterocycles. The SMILES string of the molecule is Cc1cc(N2CCNC/C2=C\C(C)C)ccc1N1CCN/C(=C/C(C)C)C1. The lowest BCUT2D eigenvalue weighted by Crippen LogP contribution is -2.43. The fourth-order valence-electron chi connectivity index (χ4n) is 4.05. The lowest BCUT2D eigenvalue weighted by Gasteiger charge is -2.35. The second-order valence-electron chi connectivity index (χ2n) is 8.49. The normalized spacial score (nSPS) is 21.4. The zero-order chi connectivity index (χ0) is 19.4. The van der Waals surface area contributed by atoms with E-state index in [2.05, 4.69) is 85.4 Å². The van der Waals surface area contributed by atoms with Crippen LogP contribution in [0.5, 0.6) is 0 Å². The summed E-state index contributed by atoms with van der Waals surface area (Å²) in [7, 11) is 0. The summed E-state index contributed by atoms with van der Waals surface area (Å²) in [5.41, 5.74) is 6.79. The molecule has 0 radical (unpaired) electrons. The Morgan fingerprint density at radius 1 is 1.00 bits per heavy atom. The zero-order valence-electron chi connectivity index (χ0n) is 17.7. The van der Waals surface area contributed by atoms with Gasteiger partial charge in [0, 0.05) is 55.5 Å². The number of aryl methyl sites for hydroxylation is 1. The molecule has 2 fully saturated rings. The van der Waals surface area contributed by atoms with E-state index in [0.717, 1.165) is 39.3 Å². The molecular formula is C23H36N4. The van der Waals surface area contributed by atoms with Crippen molar-refractivity contribution in [2.75, 3.05) is 49.1 Å². The molecule has 148 valence electrons. The Kier molecular flexibility index (Phi) is 6.48. The Morgan fingerprint density at radius 2 is 1.78 bits per heavy atom. The molecule has 3 rings (SSSR count). The van der Waals surface area contributed by atoms with Crippen molar-refractivity contribution in [2.24, 2.45) is 11.8 Å². The third kappa shape index (κ3) is 5.07. The molecule has 2 saturated heterocycles. The molecule has 0 atom stereocenters. The van der Waals surface area contributed by atoms with Gasteiger partial charge in [-0.25, -0.2) is 0 Å². The molecule has 0 amide bonds. The summed E-state index contributed by atoms with van der Waals surface area (Å²) in [6.45, 7) is 17.3. The van der Waals surface area contributed by atoms with Gasteiger partial charge in [-0.2, -0.15) is 0 Å². The van der Waals surface area contributed by atoms with Gasteiger partial charge >= 0.3 is 0 Å². The van der Waals surface area contributed by atoms with E-state index < -0.39 is 0 Å². The summed E-state index contributed by atoms with van der Waals surface area (Å²) in [5, 5.41) is 7.06. The summed E-state index contributed by atoms with van der Waals surface area (Å²) >= 11 is 0. The minimum atomic E-state index is 0.565. The van der Waals surface area contributed by atoms with Crippen molar-refractivity contribution in [3.05, 3.63) is 47.3 Å². The first-order chi connectivity index (χ1) is 12.9. The maximum atomic E-state index is 3.55. The number of nitrogens with zero attached hydrogens (tertiary/aromatic N) is 2. The zero-order valence-corrected chi connectivity index (χ0v) is 17.7. The first kappa shape index (κ1) is 19.8. The quantitative estimate of drug-likeness (QED) is 0.844. The van der Waals surface area contributed by atoms with Gasteiger partial charge in [0.05, 0.1) is 6.54 Å². The Bertz CT molecular complexity index is 702. The predicted octanol–water partition coefficient (Wildman–Crippen LogP) is 3.89. The Labute approximate surface area is 165 Å². The van der Waals surface area contributed by atoms with E-state index in [1.165, 1.54) is 28.3 Å². The lowest BCUT2D eigenvalue weighted by molar-refractivity contribution is 0.634. The minimum absolute atomic E-state index is 0.565. The largest absolute Gasteiger partial charge is 0.385 e. The van der Waals surface area contributed by atoms with Gasteiger partial charge in [-0.05, 0) is 42.5 Å². The Hall–Kier alpha value is -1.94. The van der Waals surface area contributed by atoms with Crippen LogP contribution in [0.2, 0.25) is 0 Å². The summed E-state index contributed by atoms with van der Waals surface area (Å²) in [6.07, 6.45) is 4.73. The molecule has 0 bridgehead atoms. The van der Waals surface area contributed by atoms with Gasteiger partial charge in [0.2, 0.25) is 0 Å². The standard InChI is InChI=1S/C23H36N4/c1-17(2)12-20-16-26(10-9-25-20)23-7-6-21(14-19(23)5)27-11-8-24-15-22(27)13-18(3)4/h6-7,12-14,17-18,24-25H,8-11,15-16H2,1-5H3/b20-12+,22-13+. The van der Waals surface area contributed by atoms with E-state index in [0.29, 0.717) is 11.8 Å². The van der Waals surface area contributed by atoms with E-state index in [9.17, 15) is 0 Å². The fourth-order valence-corrected chi connectivity index (χ4v) is 4.05. The lowest BCUT2D eigenvalue weighted by atomic mass is 10.1. The van der Waals surface area contributed by atoms with Gasteiger partial charge < -0.3 is 20.4 Å². The number of nitrogens with one attached hydrogen (secondary N) is 2. The van der Waals surface area contributed by atoms with Gasteiger partial charge in [-0.1, -0.05) is 39.8 Å². The number of anilines is 2. The molecule has 0 unspecified atom stereocenters. The van der Waals surface area contributed by atoms with Crippen LogP contribution >= 0.6 is 0 Å². The molecule has 0 spiro atoms. The van der Waals surface area contributed by atoms with Crippen LogP contribution in [0.1, 0.15) is 33.3 Å². The highest BCUT2D eigenvalue weighted by atomic mass is 15.2. The average molecular weight is 369 g/mol. The van der Waals surface area contributed by atoms with Gasteiger partial charge in [0.25, 0.3) is 0 Å². The van der Waals surface area contributed by atoms with Crippen molar-refractivity contribution in [3.8, 4) is 0 Å². The number of hydrogen-bond acceptors (Lipinski definition) is 4. The first-order valence-corrected chi connectivity index (χ1v) is 10.4. The van der Waals surface area contributed by atoms with Gasteiger partial charge in [-0.3, -0.25) is 0 Å². The van der Waals surface area contributed by atoms with Crippen LogP contribution < -0.4 is 20.4 Å². The van der Waals surface area contributed by atoms with Crippen LogP contribution in [0.3, 0.4) is 0 Å². The third-order valence-electron chi connectivity index (χ3n) is 5.15. The van der Waals surface area contributed by atoms with Crippen LogP contribution in [-0.4, -0.2) is 39.3 Å². The summed E-state index contributed by atoms with van der Waals surface area (Å²) in [4.78, 5) is 4.99. The molecule has 4 nitrogen and oxygen atoms in total. The molecular weight excluding hydrogens is 332 g/mol. The second kappa shape index (κ2) is 8.83. The van der Waals surface area contributed by atoms with Crippen LogP contribution in [-0.2, 0) is 0 Å². The van der Waals surface area contributed by atoms with Gasteiger partial charge in [0.15, 0.2) is 0 Å². The average Bonchev–Trinajstić information content (AvgIpc) is 2.61. The van der Waals surface area contributed by atoms with E-state index in [4.69, 9.17) is 0 Å². The highest BCUT2D eigenvalue weighted by Gasteiger charge is 2.20. The van der Waals surface area contributed by atoms with E-state index in [-0.39, 0.29) is 0 Å². The molecule has 1 aromatic carbocycles. The van der Waals surface area contributed by atoms with E-state index >= 15 is 0 Å². The molecule has 27 heavy (non-hydrogen) atoms. The van der Waals surface area contributed by atoms with Crippen LogP contribution in [0.15, 0.2) is 41.7 Å². The van der Waals surface area contributed by atoms with Crippen molar-refractivity contribution >= 4 is 11.4 Å². The molecule has 0 aromatic heterocycles. The summed E-state index contributed by atoms with van der Waals surface area (Å²) in [5.74, 6) is 1.14. The summed E-state index contributed by atoms with van der Waals surface area (Å²) in [6, 6.07) is 6.98. The number of rotatable bonds is 4. The van der Waals surface area contributed by atoms with Crippen LogP contribution in [0.25, 0.3) is 0 Å². The second-order valence-corrected chi connectivity index (χ2v) is 8.49. The van der Waals surface area contributed by atoms with Crippen molar-refractivity contribution < 1.29 is 0 Å². The fraction of sp³-hybridized carbons (Fsp3) is 0.565. The molecule has 2 aliphatic heterocycles. The molecule has 2 N–H and O–H groups in total. The highest BCUT2D eigenvalue weighted by Crippen LogP contribution is 2.29. The Morgan fingerprint density at radius 3 is 2.48 bits per heavy atom. The van der Waals surface area contributed by atoms with Gasteiger partial charge in [-0.15, -0.1) is 0 Å². The van der Waals surface area contributed by atoms with Crippen molar-refractivity contribution in [2.45, 2.75) is 34.6 Å². The monoisotopic (exact) mass is 368 g/mol. The maximum absolute atomic E-state index is 3.55. The maximum Gasteiger partial charge on any atom is 0.0574 e. The molecule has 4 heteroatoms. The van der Waals surface area contributed by atoms with Crippen molar-refractivity contribution in [1.29, 1.82) is 0 Å².